The largest absolute Gasteiger partial charge is 0.448 e. The summed E-state index contributed by atoms with van der Waals surface area (Å²) in [5, 5.41) is 11.4. The zero-order valence-electron chi connectivity index (χ0n) is 15.4. The Balaban J connectivity index is 1.95. The lowest BCUT2D eigenvalue weighted by atomic mass is 10.1. The fourth-order valence-electron chi connectivity index (χ4n) is 2.06. The van der Waals surface area contributed by atoms with E-state index in [1.165, 1.54) is 13.0 Å². The van der Waals surface area contributed by atoms with Crippen LogP contribution in [-0.2, 0) is 9.53 Å². The fraction of sp³-hybridized carbons (Fsp3) is 0.333. The molecule has 0 radical (unpaired) electrons. The number of halogens is 1. The van der Waals surface area contributed by atoms with Gasteiger partial charge in [-0.2, -0.15) is 5.10 Å². The van der Waals surface area contributed by atoms with Crippen LogP contribution in [0, 0.1) is 0 Å². The molecule has 0 aliphatic carbocycles. The van der Waals surface area contributed by atoms with Gasteiger partial charge in [-0.3, -0.25) is 15.2 Å². The first-order valence-corrected chi connectivity index (χ1v) is 9.00. The number of amides is 3. The summed E-state index contributed by atoms with van der Waals surface area (Å²) in [6.07, 6.45) is -1.15. The lowest BCUT2D eigenvalue weighted by molar-refractivity contribution is -0.127. The third kappa shape index (κ3) is 6.21. The molecule has 27 heavy (non-hydrogen) atoms. The zero-order chi connectivity index (χ0) is 20.2. The summed E-state index contributed by atoms with van der Waals surface area (Å²) < 4.78 is 6.02. The Hall–Kier alpha value is -2.68. The minimum atomic E-state index is -1.15. The third-order valence-electron chi connectivity index (χ3n) is 3.32. The number of hydrogen-bond acceptors (Lipinski definition) is 5. The highest BCUT2D eigenvalue weighted by atomic mass is 79.9. The number of nitrogens with one attached hydrogen (secondary N) is 3. The number of aromatic nitrogens is 2. The van der Waals surface area contributed by atoms with E-state index in [2.05, 4.69) is 36.8 Å². The number of carbonyl (C=O) groups is 3. The van der Waals surface area contributed by atoms with Gasteiger partial charge in [-0.05, 0) is 45.9 Å². The van der Waals surface area contributed by atoms with E-state index in [1.54, 1.807) is 20.8 Å². The van der Waals surface area contributed by atoms with E-state index in [9.17, 15) is 14.4 Å². The molecule has 8 nitrogen and oxygen atoms in total. The number of nitrogens with zero attached hydrogens (tertiary/aromatic N) is 1. The molecule has 9 heteroatoms. The number of carbonyl (C=O) groups excluding carboxylic acids is 3. The van der Waals surface area contributed by atoms with Crippen LogP contribution in [0.25, 0.3) is 11.3 Å². The first kappa shape index (κ1) is 20.6. The van der Waals surface area contributed by atoms with Crippen LogP contribution in [0.4, 0.5) is 4.79 Å². The average molecular weight is 437 g/mol. The summed E-state index contributed by atoms with van der Waals surface area (Å²) in [4.78, 5) is 35.9. The van der Waals surface area contributed by atoms with Crippen molar-refractivity contribution >= 4 is 33.8 Å². The molecule has 1 aromatic heterocycles. The molecule has 0 aliphatic heterocycles. The summed E-state index contributed by atoms with van der Waals surface area (Å²) >= 11 is 3.35. The fourth-order valence-corrected chi connectivity index (χ4v) is 2.32. The van der Waals surface area contributed by atoms with E-state index in [0.29, 0.717) is 5.69 Å². The topological polar surface area (TPSA) is 113 Å². The number of H-pyrrole nitrogens is 1. The Morgan fingerprint density at radius 1 is 1.19 bits per heavy atom. The van der Waals surface area contributed by atoms with Gasteiger partial charge in [0.25, 0.3) is 5.91 Å². The van der Waals surface area contributed by atoms with Crippen molar-refractivity contribution in [3.63, 3.8) is 0 Å². The summed E-state index contributed by atoms with van der Waals surface area (Å²) in [5.74, 6) is -1.47. The maximum atomic E-state index is 12.2. The average Bonchev–Trinajstić information content (AvgIpc) is 3.03. The van der Waals surface area contributed by atoms with Crippen molar-refractivity contribution < 1.29 is 19.1 Å². The number of ether oxygens (including phenoxy) is 1. The van der Waals surface area contributed by atoms with Crippen molar-refractivity contribution in [1.29, 1.82) is 0 Å². The van der Waals surface area contributed by atoms with Crippen LogP contribution in [0.3, 0.4) is 0 Å². The summed E-state index contributed by atoms with van der Waals surface area (Å²) in [7, 11) is 0. The Kier molecular flexibility index (Phi) is 6.37. The summed E-state index contributed by atoms with van der Waals surface area (Å²) in [6, 6.07) is 8.28. The monoisotopic (exact) mass is 436 g/mol. The van der Waals surface area contributed by atoms with Gasteiger partial charge in [0, 0.05) is 15.6 Å². The van der Waals surface area contributed by atoms with Gasteiger partial charge in [0.2, 0.25) is 0 Å². The second-order valence-corrected chi connectivity index (χ2v) is 7.83. The van der Waals surface area contributed by atoms with Crippen LogP contribution >= 0.6 is 15.9 Å². The quantitative estimate of drug-likeness (QED) is 0.637. The molecule has 144 valence electrons. The molecule has 2 rings (SSSR count). The molecule has 2 aromatic rings. The molecular formula is C18H21BrN4O4. The molecule has 0 spiro atoms. The van der Waals surface area contributed by atoms with Gasteiger partial charge in [0.15, 0.2) is 6.10 Å². The summed E-state index contributed by atoms with van der Waals surface area (Å²) in [6.45, 7) is 6.72. The molecule has 0 saturated heterocycles. The van der Waals surface area contributed by atoms with Crippen LogP contribution in [0.5, 0.6) is 0 Å². The molecule has 3 amide bonds. The normalized spacial score (nSPS) is 12.2. The van der Waals surface area contributed by atoms with E-state index in [0.717, 1.165) is 10.0 Å². The number of hydrogen-bond donors (Lipinski definition) is 3. The van der Waals surface area contributed by atoms with E-state index in [1.807, 2.05) is 24.3 Å². The molecule has 0 unspecified atom stereocenters. The summed E-state index contributed by atoms with van der Waals surface area (Å²) in [5.41, 5.74) is 0.991. The van der Waals surface area contributed by atoms with Crippen LogP contribution in [0.2, 0.25) is 0 Å². The number of esters is 1. The van der Waals surface area contributed by atoms with Crippen LogP contribution in [-0.4, -0.2) is 39.7 Å². The highest BCUT2D eigenvalue weighted by molar-refractivity contribution is 9.10. The van der Waals surface area contributed by atoms with Gasteiger partial charge in [0.05, 0.1) is 5.69 Å². The zero-order valence-corrected chi connectivity index (χ0v) is 17.0. The maximum absolute atomic E-state index is 12.2. The minimum absolute atomic E-state index is 0.103. The highest BCUT2D eigenvalue weighted by Crippen LogP contribution is 2.20. The van der Waals surface area contributed by atoms with E-state index < -0.39 is 29.6 Å². The van der Waals surface area contributed by atoms with Crippen molar-refractivity contribution in [1.82, 2.24) is 20.8 Å². The lowest BCUT2D eigenvalue weighted by Crippen LogP contribution is -2.50. The third-order valence-corrected chi connectivity index (χ3v) is 3.84. The van der Waals surface area contributed by atoms with Gasteiger partial charge < -0.3 is 10.1 Å². The predicted octanol–water partition coefficient (Wildman–Crippen LogP) is 3.01. The first-order valence-electron chi connectivity index (χ1n) is 8.20. The molecule has 1 aromatic carbocycles. The van der Waals surface area contributed by atoms with E-state index in [4.69, 9.17) is 4.74 Å². The second kappa shape index (κ2) is 8.34. The molecule has 0 bridgehead atoms. The van der Waals surface area contributed by atoms with Crippen molar-refractivity contribution in [2.24, 2.45) is 0 Å². The Morgan fingerprint density at radius 2 is 1.81 bits per heavy atom. The van der Waals surface area contributed by atoms with E-state index >= 15 is 0 Å². The predicted molar refractivity (Wildman–Crippen MR) is 103 cm³/mol. The lowest BCUT2D eigenvalue weighted by Gasteiger charge is -2.21. The molecule has 0 saturated carbocycles. The van der Waals surface area contributed by atoms with Gasteiger partial charge in [-0.25, -0.2) is 9.59 Å². The Bertz CT molecular complexity index is 840. The standard InChI is InChI=1S/C18H21BrN4O4/c1-10(15(24)20-17(26)21-18(2,3)4)27-16(25)14-9-13(22-23-14)11-5-7-12(19)8-6-11/h5-10H,1-4H3,(H,22,23)(H2,20,21,24,26)/t10-/m0/s1. The molecule has 0 fully saturated rings. The first-order chi connectivity index (χ1) is 12.5. The molecule has 1 heterocycles. The smallest absolute Gasteiger partial charge is 0.357 e. The number of urea groups is 1. The van der Waals surface area contributed by atoms with Crippen LogP contribution in [0.1, 0.15) is 38.2 Å². The Morgan fingerprint density at radius 3 is 2.41 bits per heavy atom. The van der Waals surface area contributed by atoms with Crippen LogP contribution < -0.4 is 10.6 Å². The molecule has 0 aliphatic rings. The Labute approximate surface area is 165 Å². The number of imide groups is 1. The van der Waals surface area contributed by atoms with Gasteiger partial charge in [0.1, 0.15) is 5.69 Å². The number of rotatable bonds is 4. The second-order valence-electron chi connectivity index (χ2n) is 6.91. The van der Waals surface area contributed by atoms with Gasteiger partial charge in [-0.1, -0.05) is 28.1 Å². The van der Waals surface area contributed by atoms with Gasteiger partial charge in [-0.15, -0.1) is 0 Å². The van der Waals surface area contributed by atoms with Crippen molar-refractivity contribution in [3.05, 3.63) is 40.5 Å². The maximum Gasteiger partial charge on any atom is 0.357 e. The molecule has 1 atom stereocenters. The SMILES string of the molecule is C[C@H](OC(=O)c1cc(-c2ccc(Br)cc2)n[nH]1)C(=O)NC(=O)NC(C)(C)C. The van der Waals surface area contributed by atoms with E-state index in [-0.39, 0.29) is 5.69 Å². The number of benzene rings is 1. The van der Waals surface area contributed by atoms with Crippen molar-refractivity contribution in [2.75, 3.05) is 0 Å². The van der Waals surface area contributed by atoms with Crippen LogP contribution in [0.15, 0.2) is 34.8 Å². The van der Waals surface area contributed by atoms with Crippen molar-refractivity contribution in [2.45, 2.75) is 39.3 Å². The highest BCUT2D eigenvalue weighted by Gasteiger charge is 2.23. The molecular weight excluding hydrogens is 416 g/mol. The number of aromatic amines is 1. The van der Waals surface area contributed by atoms with Gasteiger partial charge >= 0.3 is 12.0 Å². The minimum Gasteiger partial charge on any atom is -0.448 e. The van der Waals surface area contributed by atoms with Crippen molar-refractivity contribution in [3.8, 4) is 11.3 Å². The molecule has 3 N–H and O–H groups in total.